The molecule has 27 heavy (non-hydrogen) atoms. The Morgan fingerprint density at radius 2 is 2.11 bits per heavy atom. The number of carboxylic acid groups (broad SMARTS) is 1. The average molecular weight is 389 g/mol. The predicted molar refractivity (Wildman–Crippen MR) is 108 cm³/mol. The van der Waals surface area contributed by atoms with Gasteiger partial charge in [-0.15, -0.1) is 11.3 Å². The summed E-state index contributed by atoms with van der Waals surface area (Å²) in [4.78, 5) is 15.8. The SMILES string of the molecule is CC(C)(C)O[C@H]1CCCC[C@@H]1NCc1csc(-c2cccc(C(=O)O)c2)n1. The fourth-order valence-corrected chi connectivity index (χ4v) is 4.28. The number of carbonyl (C=O) groups is 1. The molecule has 1 aromatic carbocycles. The van der Waals surface area contributed by atoms with Gasteiger partial charge >= 0.3 is 5.97 Å². The van der Waals surface area contributed by atoms with Crippen molar-refractivity contribution in [2.75, 3.05) is 0 Å². The summed E-state index contributed by atoms with van der Waals surface area (Å²) in [5, 5.41) is 15.7. The first-order valence-corrected chi connectivity index (χ1v) is 10.4. The zero-order chi connectivity index (χ0) is 19.4. The molecule has 1 fully saturated rings. The Kier molecular flexibility index (Phi) is 6.29. The molecule has 0 bridgehead atoms. The summed E-state index contributed by atoms with van der Waals surface area (Å²) in [6.45, 7) is 7.02. The molecule has 1 aliphatic carbocycles. The van der Waals surface area contributed by atoms with Crippen molar-refractivity contribution in [3.8, 4) is 10.6 Å². The summed E-state index contributed by atoms with van der Waals surface area (Å²) in [6.07, 6.45) is 4.91. The van der Waals surface area contributed by atoms with E-state index < -0.39 is 5.97 Å². The van der Waals surface area contributed by atoms with Gasteiger partial charge in [0.2, 0.25) is 0 Å². The number of nitrogens with zero attached hydrogens (tertiary/aromatic N) is 1. The van der Waals surface area contributed by atoms with Crippen molar-refractivity contribution in [3.05, 3.63) is 40.9 Å². The molecule has 5 nitrogen and oxygen atoms in total. The highest BCUT2D eigenvalue weighted by Gasteiger charge is 2.29. The van der Waals surface area contributed by atoms with Crippen molar-refractivity contribution in [1.82, 2.24) is 10.3 Å². The lowest BCUT2D eigenvalue weighted by atomic mass is 9.91. The number of nitrogens with one attached hydrogen (secondary N) is 1. The van der Waals surface area contributed by atoms with Gasteiger partial charge in [-0.25, -0.2) is 9.78 Å². The second-order valence-electron chi connectivity index (χ2n) is 8.07. The highest BCUT2D eigenvalue weighted by Crippen LogP contribution is 2.27. The summed E-state index contributed by atoms with van der Waals surface area (Å²) >= 11 is 1.55. The van der Waals surface area contributed by atoms with Crippen LogP contribution in [0.5, 0.6) is 0 Å². The summed E-state index contributed by atoms with van der Waals surface area (Å²) in [7, 11) is 0. The molecule has 0 radical (unpaired) electrons. The van der Waals surface area contributed by atoms with E-state index >= 15 is 0 Å². The molecule has 1 saturated carbocycles. The zero-order valence-corrected chi connectivity index (χ0v) is 17.0. The highest BCUT2D eigenvalue weighted by atomic mass is 32.1. The summed E-state index contributed by atoms with van der Waals surface area (Å²) < 4.78 is 6.25. The molecule has 2 atom stereocenters. The second-order valence-corrected chi connectivity index (χ2v) is 8.93. The van der Waals surface area contributed by atoms with Gasteiger partial charge in [0.25, 0.3) is 0 Å². The van der Waals surface area contributed by atoms with Crippen molar-refractivity contribution < 1.29 is 14.6 Å². The van der Waals surface area contributed by atoms with Crippen molar-refractivity contribution in [1.29, 1.82) is 0 Å². The Bertz CT molecular complexity index is 782. The Hall–Kier alpha value is -1.76. The number of hydrogen-bond acceptors (Lipinski definition) is 5. The molecule has 0 saturated heterocycles. The number of carboxylic acids is 1. The first-order chi connectivity index (χ1) is 12.8. The number of benzene rings is 1. The third-order valence-corrected chi connectivity index (χ3v) is 5.60. The minimum Gasteiger partial charge on any atom is -0.478 e. The molecule has 1 aromatic heterocycles. The number of thiazole rings is 1. The number of aromatic carboxylic acids is 1. The van der Waals surface area contributed by atoms with Crippen LogP contribution in [-0.4, -0.2) is 33.8 Å². The van der Waals surface area contributed by atoms with Gasteiger partial charge in [0.15, 0.2) is 0 Å². The van der Waals surface area contributed by atoms with Crippen LogP contribution < -0.4 is 5.32 Å². The van der Waals surface area contributed by atoms with Crippen LogP contribution in [0.3, 0.4) is 0 Å². The lowest BCUT2D eigenvalue weighted by Crippen LogP contribution is -2.46. The van der Waals surface area contributed by atoms with Crippen LogP contribution in [0.4, 0.5) is 0 Å². The normalized spacial score (nSPS) is 20.6. The lowest BCUT2D eigenvalue weighted by molar-refractivity contribution is -0.0872. The quantitative estimate of drug-likeness (QED) is 0.749. The molecule has 2 N–H and O–H groups in total. The Morgan fingerprint density at radius 3 is 2.85 bits per heavy atom. The molecule has 0 spiro atoms. The van der Waals surface area contributed by atoms with Crippen molar-refractivity contribution in [2.45, 2.75) is 70.7 Å². The summed E-state index contributed by atoms with van der Waals surface area (Å²) in [5.74, 6) is -0.919. The van der Waals surface area contributed by atoms with E-state index in [1.165, 1.54) is 12.8 Å². The van der Waals surface area contributed by atoms with Gasteiger partial charge in [-0.2, -0.15) is 0 Å². The largest absolute Gasteiger partial charge is 0.478 e. The molecular formula is C21H28N2O3S. The van der Waals surface area contributed by atoms with Crippen LogP contribution >= 0.6 is 11.3 Å². The van der Waals surface area contributed by atoms with E-state index in [4.69, 9.17) is 9.84 Å². The van der Waals surface area contributed by atoms with Gasteiger partial charge in [-0.3, -0.25) is 0 Å². The van der Waals surface area contributed by atoms with Crippen molar-refractivity contribution >= 4 is 17.3 Å². The fraction of sp³-hybridized carbons (Fsp3) is 0.524. The van der Waals surface area contributed by atoms with Crippen LogP contribution in [0.15, 0.2) is 29.6 Å². The summed E-state index contributed by atoms with van der Waals surface area (Å²) in [6, 6.07) is 7.27. The Balaban J connectivity index is 1.63. The van der Waals surface area contributed by atoms with E-state index in [1.54, 1.807) is 29.5 Å². The van der Waals surface area contributed by atoms with Gasteiger partial charge in [0, 0.05) is 23.5 Å². The standard InChI is InChI=1S/C21H28N2O3S/c1-21(2,3)26-18-10-5-4-9-17(18)22-12-16-13-27-19(23-16)14-7-6-8-15(11-14)20(24)25/h6-8,11,13,17-18,22H,4-5,9-10,12H2,1-3H3,(H,24,25)/t17-,18-/m0/s1. The van der Waals surface area contributed by atoms with E-state index in [2.05, 4.69) is 31.1 Å². The van der Waals surface area contributed by atoms with Crippen molar-refractivity contribution in [3.63, 3.8) is 0 Å². The number of aromatic nitrogens is 1. The average Bonchev–Trinajstić information content (AvgIpc) is 3.09. The predicted octanol–water partition coefficient (Wildman–Crippen LogP) is 4.72. The summed E-state index contributed by atoms with van der Waals surface area (Å²) in [5.41, 5.74) is 1.98. The van der Waals surface area contributed by atoms with Crippen LogP contribution in [-0.2, 0) is 11.3 Å². The molecule has 1 aliphatic rings. The fourth-order valence-electron chi connectivity index (χ4n) is 3.47. The monoisotopic (exact) mass is 388 g/mol. The molecule has 6 heteroatoms. The molecule has 1 heterocycles. The van der Waals surface area contributed by atoms with E-state index in [0.717, 1.165) is 29.1 Å². The maximum atomic E-state index is 11.2. The number of rotatable bonds is 6. The molecule has 146 valence electrons. The molecule has 0 amide bonds. The van der Waals surface area contributed by atoms with Crippen LogP contribution in [0.2, 0.25) is 0 Å². The van der Waals surface area contributed by atoms with Crippen LogP contribution in [0.1, 0.15) is 62.5 Å². The second kappa shape index (κ2) is 8.50. The van der Waals surface area contributed by atoms with Crippen LogP contribution in [0.25, 0.3) is 10.6 Å². The van der Waals surface area contributed by atoms with Gasteiger partial charge in [0.05, 0.1) is 23.0 Å². The smallest absolute Gasteiger partial charge is 0.335 e. The van der Waals surface area contributed by atoms with E-state index in [0.29, 0.717) is 12.6 Å². The van der Waals surface area contributed by atoms with Gasteiger partial charge < -0.3 is 15.2 Å². The van der Waals surface area contributed by atoms with Gasteiger partial charge in [-0.05, 0) is 45.7 Å². The molecule has 0 aliphatic heterocycles. The first-order valence-electron chi connectivity index (χ1n) is 9.51. The Labute approximate surface area is 164 Å². The number of hydrogen-bond donors (Lipinski definition) is 2. The van der Waals surface area contributed by atoms with E-state index in [-0.39, 0.29) is 17.3 Å². The van der Waals surface area contributed by atoms with Gasteiger partial charge in [-0.1, -0.05) is 25.0 Å². The maximum Gasteiger partial charge on any atom is 0.335 e. The zero-order valence-electron chi connectivity index (χ0n) is 16.2. The van der Waals surface area contributed by atoms with E-state index in [9.17, 15) is 4.79 Å². The lowest BCUT2D eigenvalue weighted by Gasteiger charge is -2.36. The van der Waals surface area contributed by atoms with E-state index in [1.807, 2.05) is 11.4 Å². The Morgan fingerprint density at radius 1 is 1.33 bits per heavy atom. The van der Waals surface area contributed by atoms with Crippen molar-refractivity contribution in [2.24, 2.45) is 0 Å². The molecule has 3 rings (SSSR count). The minimum atomic E-state index is -0.919. The third kappa shape index (κ3) is 5.61. The van der Waals surface area contributed by atoms with Crippen LogP contribution in [0, 0.1) is 0 Å². The molecular weight excluding hydrogens is 360 g/mol. The maximum absolute atomic E-state index is 11.2. The topological polar surface area (TPSA) is 71.5 Å². The van der Waals surface area contributed by atoms with Gasteiger partial charge in [0.1, 0.15) is 5.01 Å². The highest BCUT2D eigenvalue weighted by molar-refractivity contribution is 7.13. The minimum absolute atomic E-state index is 0.134. The first kappa shape index (κ1) is 20.0. The molecule has 2 aromatic rings. The number of ether oxygens (including phenoxy) is 1. The molecule has 0 unspecified atom stereocenters. The third-order valence-electron chi connectivity index (χ3n) is 4.66.